The largest absolute Gasteiger partial charge is 0.396 e. The number of rotatable bonds is 5. The van der Waals surface area contributed by atoms with E-state index in [0.29, 0.717) is 0 Å². The highest BCUT2D eigenvalue weighted by molar-refractivity contribution is 4.95. The lowest BCUT2D eigenvalue weighted by Crippen LogP contribution is -2.26. The molecule has 0 amide bonds. The first-order valence-electron chi connectivity index (χ1n) is 5.29. The van der Waals surface area contributed by atoms with Crippen molar-refractivity contribution in [2.24, 2.45) is 29.6 Å². The van der Waals surface area contributed by atoms with Crippen LogP contribution in [0.15, 0.2) is 0 Å². The van der Waals surface area contributed by atoms with Crippen molar-refractivity contribution in [3.63, 3.8) is 0 Å². The normalized spacial score (nSPS) is 41.0. The number of hydrogen-bond acceptors (Lipinski definition) is 5. The van der Waals surface area contributed by atoms with E-state index < -0.39 is 0 Å². The molecule has 0 aromatic heterocycles. The SMILES string of the molecule is OCC1C(CO)C(CO)C(CO)C1CO. The van der Waals surface area contributed by atoms with Gasteiger partial charge in [0, 0.05) is 33.0 Å². The topological polar surface area (TPSA) is 101 Å². The van der Waals surface area contributed by atoms with Crippen molar-refractivity contribution in [1.29, 1.82) is 0 Å². The molecule has 0 aromatic rings. The lowest BCUT2D eigenvalue weighted by molar-refractivity contribution is 0.0739. The minimum Gasteiger partial charge on any atom is -0.396 e. The van der Waals surface area contributed by atoms with E-state index in [2.05, 4.69) is 0 Å². The molecule has 15 heavy (non-hydrogen) atoms. The van der Waals surface area contributed by atoms with Crippen LogP contribution in [0.25, 0.3) is 0 Å². The molecule has 5 nitrogen and oxygen atoms in total. The zero-order valence-electron chi connectivity index (χ0n) is 8.66. The fourth-order valence-electron chi connectivity index (χ4n) is 2.94. The number of hydrogen-bond donors (Lipinski definition) is 5. The molecule has 1 fully saturated rings. The minimum atomic E-state index is -0.241. The Morgan fingerprint density at radius 1 is 0.400 bits per heavy atom. The van der Waals surface area contributed by atoms with Gasteiger partial charge in [-0.3, -0.25) is 0 Å². The quantitative estimate of drug-likeness (QED) is 0.370. The summed E-state index contributed by atoms with van der Waals surface area (Å²) in [5.74, 6) is -1.21. The summed E-state index contributed by atoms with van der Waals surface area (Å²) in [6, 6.07) is 0. The van der Waals surface area contributed by atoms with Crippen LogP contribution >= 0.6 is 0 Å². The molecule has 0 radical (unpaired) electrons. The Morgan fingerprint density at radius 2 is 0.533 bits per heavy atom. The van der Waals surface area contributed by atoms with Crippen molar-refractivity contribution >= 4 is 0 Å². The van der Waals surface area contributed by atoms with Gasteiger partial charge in [-0.1, -0.05) is 0 Å². The third kappa shape index (κ3) is 2.16. The maximum Gasteiger partial charge on any atom is 0.0466 e. The van der Waals surface area contributed by atoms with Gasteiger partial charge in [0.2, 0.25) is 0 Å². The van der Waals surface area contributed by atoms with E-state index >= 15 is 0 Å². The highest BCUT2D eigenvalue weighted by Gasteiger charge is 2.48. The van der Waals surface area contributed by atoms with Gasteiger partial charge in [0.25, 0.3) is 0 Å². The van der Waals surface area contributed by atoms with Gasteiger partial charge in [-0.2, -0.15) is 0 Å². The van der Waals surface area contributed by atoms with Crippen LogP contribution in [0.1, 0.15) is 0 Å². The molecule has 1 saturated carbocycles. The molecule has 0 unspecified atom stereocenters. The molecule has 1 rings (SSSR count). The molecule has 0 spiro atoms. The van der Waals surface area contributed by atoms with E-state index in [1.54, 1.807) is 0 Å². The van der Waals surface area contributed by atoms with Gasteiger partial charge < -0.3 is 25.5 Å². The third-order valence-electron chi connectivity index (χ3n) is 3.80. The predicted molar refractivity (Wildman–Crippen MR) is 52.9 cm³/mol. The maximum absolute atomic E-state index is 9.21. The van der Waals surface area contributed by atoms with Crippen molar-refractivity contribution in [1.82, 2.24) is 0 Å². The molecular weight excluding hydrogens is 200 g/mol. The molecule has 1 aliphatic rings. The number of aliphatic hydroxyl groups is 5. The van der Waals surface area contributed by atoms with Gasteiger partial charge in [0.15, 0.2) is 0 Å². The second-order valence-corrected chi connectivity index (χ2v) is 4.23. The third-order valence-corrected chi connectivity index (χ3v) is 3.80. The average Bonchev–Trinajstić information content (AvgIpc) is 2.59. The average molecular weight is 220 g/mol. The standard InChI is InChI=1S/C10H20O5/c11-1-6-7(2-12)9(4-14)10(5-15)8(6)3-13/h6-15H,1-5H2. The Labute approximate surface area is 89.0 Å². The number of aliphatic hydroxyl groups excluding tert-OH is 5. The van der Waals surface area contributed by atoms with E-state index in [-0.39, 0.29) is 62.6 Å². The van der Waals surface area contributed by atoms with Gasteiger partial charge in [-0.15, -0.1) is 0 Å². The highest BCUT2D eigenvalue weighted by Crippen LogP contribution is 2.45. The summed E-state index contributed by atoms with van der Waals surface area (Å²) >= 11 is 0. The molecule has 0 heterocycles. The molecule has 0 saturated heterocycles. The monoisotopic (exact) mass is 220 g/mol. The van der Waals surface area contributed by atoms with Crippen molar-refractivity contribution in [3.05, 3.63) is 0 Å². The summed E-state index contributed by atoms with van der Waals surface area (Å²) in [6.07, 6.45) is 0. The highest BCUT2D eigenvalue weighted by atomic mass is 16.3. The predicted octanol–water partition coefficient (Wildman–Crippen LogP) is -1.96. The maximum atomic E-state index is 9.21. The van der Waals surface area contributed by atoms with E-state index in [1.165, 1.54) is 0 Å². The van der Waals surface area contributed by atoms with Crippen LogP contribution in [-0.4, -0.2) is 58.6 Å². The van der Waals surface area contributed by atoms with Gasteiger partial charge in [0.1, 0.15) is 0 Å². The summed E-state index contributed by atoms with van der Waals surface area (Å²) in [7, 11) is 0. The molecule has 5 N–H and O–H groups in total. The first kappa shape index (κ1) is 12.9. The van der Waals surface area contributed by atoms with Gasteiger partial charge in [-0.25, -0.2) is 0 Å². The molecule has 5 heteroatoms. The van der Waals surface area contributed by atoms with E-state index in [0.717, 1.165) is 0 Å². The van der Waals surface area contributed by atoms with Gasteiger partial charge >= 0.3 is 0 Å². The lowest BCUT2D eigenvalue weighted by Gasteiger charge is -2.21. The van der Waals surface area contributed by atoms with E-state index in [4.69, 9.17) is 0 Å². The smallest absolute Gasteiger partial charge is 0.0466 e. The summed E-state index contributed by atoms with van der Waals surface area (Å²) in [6.45, 7) is -0.677. The second-order valence-electron chi connectivity index (χ2n) is 4.23. The molecule has 90 valence electrons. The van der Waals surface area contributed by atoms with Crippen molar-refractivity contribution in [3.8, 4) is 0 Å². The fraction of sp³-hybridized carbons (Fsp3) is 1.00. The first-order chi connectivity index (χ1) is 7.24. The molecule has 0 aromatic carbocycles. The Balaban J connectivity index is 2.87. The molecule has 0 atom stereocenters. The van der Waals surface area contributed by atoms with Gasteiger partial charge in [0.05, 0.1) is 0 Å². The lowest BCUT2D eigenvalue weighted by atomic mass is 9.88. The van der Waals surface area contributed by atoms with Crippen LogP contribution in [0.3, 0.4) is 0 Å². The summed E-state index contributed by atoms with van der Waals surface area (Å²) in [5.41, 5.74) is 0. The Bertz CT molecular complexity index is 130. The van der Waals surface area contributed by atoms with Crippen LogP contribution in [0.5, 0.6) is 0 Å². The van der Waals surface area contributed by atoms with Crippen molar-refractivity contribution in [2.45, 2.75) is 0 Å². The van der Waals surface area contributed by atoms with Crippen LogP contribution in [-0.2, 0) is 0 Å². The van der Waals surface area contributed by atoms with E-state index in [9.17, 15) is 25.5 Å². The first-order valence-corrected chi connectivity index (χ1v) is 5.29. The Hall–Kier alpha value is -0.200. The summed E-state index contributed by atoms with van der Waals surface area (Å²) in [5, 5.41) is 46.1. The zero-order valence-corrected chi connectivity index (χ0v) is 8.66. The van der Waals surface area contributed by atoms with Crippen LogP contribution in [0, 0.1) is 29.6 Å². The van der Waals surface area contributed by atoms with Crippen molar-refractivity contribution < 1.29 is 25.5 Å². The Kier molecular flexibility index (Phi) is 4.95. The van der Waals surface area contributed by atoms with Crippen LogP contribution in [0.2, 0.25) is 0 Å². The molecule has 0 aliphatic heterocycles. The minimum absolute atomic E-state index is 0.135. The zero-order chi connectivity index (χ0) is 11.4. The fourth-order valence-corrected chi connectivity index (χ4v) is 2.94. The van der Waals surface area contributed by atoms with E-state index in [1.807, 2.05) is 0 Å². The molecule has 0 bridgehead atoms. The van der Waals surface area contributed by atoms with Gasteiger partial charge in [-0.05, 0) is 29.6 Å². The molecule has 1 aliphatic carbocycles. The van der Waals surface area contributed by atoms with Crippen LogP contribution < -0.4 is 0 Å². The second kappa shape index (κ2) is 5.77. The Morgan fingerprint density at radius 3 is 0.600 bits per heavy atom. The molecular formula is C10H20O5. The summed E-state index contributed by atoms with van der Waals surface area (Å²) in [4.78, 5) is 0. The summed E-state index contributed by atoms with van der Waals surface area (Å²) < 4.78 is 0. The van der Waals surface area contributed by atoms with Crippen LogP contribution in [0.4, 0.5) is 0 Å². The van der Waals surface area contributed by atoms with Crippen molar-refractivity contribution in [2.75, 3.05) is 33.0 Å².